The lowest BCUT2D eigenvalue weighted by Crippen LogP contribution is -2.40. The number of rotatable bonds is 5. The molecule has 1 unspecified atom stereocenters. The molecule has 0 fully saturated rings. The molecular weight excluding hydrogens is 276 g/mol. The third-order valence-corrected chi connectivity index (χ3v) is 5.98. The molecule has 1 aromatic carbocycles. The lowest BCUT2D eigenvalue weighted by Gasteiger charge is -2.35. The molecule has 0 heterocycles. The van der Waals surface area contributed by atoms with E-state index < -0.39 is 21.2 Å². The average Bonchev–Trinajstić information content (AvgIpc) is 2.45. The predicted octanol–water partition coefficient (Wildman–Crippen LogP) is 2.17. The van der Waals surface area contributed by atoms with Crippen molar-refractivity contribution in [2.24, 2.45) is 0 Å². The first-order valence-electron chi connectivity index (χ1n) is 6.93. The molecule has 5 heteroatoms. The van der Waals surface area contributed by atoms with Crippen molar-refractivity contribution >= 4 is 15.8 Å². The van der Waals surface area contributed by atoms with Gasteiger partial charge in [-0.05, 0) is 36.8 Å². The molecule has 0 amide bonds. The Balaban J connectivity index is 2.40. The standard InChI is InChI=1S/C15H20O4S/c1-2-20(18,19)11-10-15(14(16)17)9-5-7-12-6-3-4-8-13(12)15/h3-4,6,8H,2,5,7,9-11H2,1H3,(H,16,17). The number of carboxylic acid groups (broad SMARTS) is 1. The van der Waals surface area contributed by atoms with Crippen molar-refractivity contribution in [3.8, 4) is 0 Å². The molecule has 110 valence electrons. The molecule has 0 radical (unpaired) electrons. The lowest BCUT2D eigenvalue weighted by atomic mass is 9.68. The van der Waals surface area contributed by atoms with Crippen LogP contribution < -0.4 is 0 Å². The number of benzene rings is 1. The molecule has 0 saturated carbocycles. The van der Waals surface area contributed by atoms with E-state index in [4.69, 9.17) is 0 Å². The van der Waals surface area contributed by atoms with Crippen LogP contribution in [0.1, 0.15) is 37.3 Å². The van der Waals surface area contributed by atoms with E-state index in [9.17, 15) is 18.3 Å². The SMILES string of the molecule is CCS(=O)(=O)CCC1(C(=O)O)CCCc2ccccc21. The fourth-order valence-corrected chi connectivity index (χ4v) is 3.93. The molecule has 0 spiro atoms. The van der Waals surface area contributed by atoms with Crippen LogP contribution in [0.2, 0.25) is 0 Å². The van der Waals surface area contributed by atoms with Crippen LogP contribution in [0.4, 0.5) is 0 Å². The Kier molecular flexibility index (Phi) is 4.18. The van der Waals surface area contributed by atoms with Gasteiger partial charge < -0.3 is 5.11 Å². The molecule has 1 N–H and O–H groups in total. The van der Waals surface area contributed by atoms with Gasteiger partial charge in [-0.3, -0.25) is 4.79 Å². The predicted molar refractivity (Wildman–Crippen MR) is 77.6 cm³/mol. The molecule has 1 aliphatic rings. The van der Waals surface area contributed by atoms with Crippen molar-refractivity contribution in [2.75, 3.05) is 11.5 Å². The van der Waals surface area contributed by atoms with E-state index in [2.05, 4.69) is 0 Å². The third kappa shape index (κ3) is 2.73. The maximum absolute atomic E-state index is 11.8. The van der Waals surface area contributed by atoms with Gasteiger partial charge in [0.05, 0.1) is 11.2 Å². The zero-order valence-corrected chi connectivity index (χ0v) is 12.4. The average molecular weight is 296 g/mol. The van der Waals surface area contributed by atoms with Crippen molar-refractivity contribution < 1.29 is 18.3 Å². The molecule has 0 saturated heterocycles. The van der Waals surface area contributed by atoms with Gasteiger partial charge in [-0.25, -0.2) is 8.42 Å². The fraction of sp³-hybridized carbons (Fsp3) is 0.533. The summed E-state index contributed by atoms with van der Waals surface area (Å²) in [5, 5.41) is 9.71. The van der Waals surface area contributed by atoms with Crippen molar-refractivity contribution in [3.05, 3.63) is 35.4 Å². The number of hydrogen-bond acceptors (Lipinski definition) is 3. The number of aryl methyl sites for hydroxylation is 1. The molecule has 1 atom stereocenters. The van der Waals surface area contributed by atoms with Crippen LogP contribution in [0.3, 0.4) is 0 Å². The number of sulfone groups is 1. The van der Waals surface area contributed by atoms with E-state index in [1.165, 1.54) is 0 Å². The monoisotopic (exact) mass is 296 g/mol. The van der Waals surface area contributed by atoms with E-state index in [0.29, 0.717) is 6.42 Å². The molecule has 0 aliphatic heterocycles. The van der Waals surface area contributed by atoms with Crippen molar-refractivity contribution in [3.63, 3.8) is 0 Å². The zero-order valence-electron chi connectivity index (χ0n) is 11.6. The summed E-state index contributed by atoms with van der Waals surface area (Å²) >= 11 is 0. The molecule has 1 aliphatic carbocycles. The summed E-state index contributed by atoms with van der Waals surface area (Å²) in [6.07, 6.45) is 2.33. The number of carboxylic acids is 1. The fourth-order valence-electron chi connectivity index (χ4n) is 2.98. The minimum atomic E-state index is -3.16. The van der Waals surface area contributed by atoms with E-state index in [1.807, 2.05) is 24.3 Å². The highest BCUT2D eigenvalue weighted by Gasteiger charge is 2.43. The van der Waals surface area contributed by atoms with Crippen LogP contribution in [-0.2, 0) is 26.5 Å². The maximum atomic E-state index is 11.8. The van der Waals surface area contributed by atoms with Crippen LogP contribution in [0, 0.1) is 0 Å². The highest BCUT2D eigenvalue weighted by atomic mass is 32.2. The number of carbonyl (C=O) groups is 1. The minimum Gasteiger partial charge on any atom is -0.481 e. The smallest absolute Gasteiger partial charge is 0.314 e. The van der Waals surface area contributed by atoms with Gasteiger partial charge in [0, 0.05) is 5.75 Å². The Morgan fingerprint density at radius 3 is 2.70 bits per heavy atom. The van der Waals surface area contributed by atoms with Crippen molar-refractivity contribution in [1.82, 2.24) is 0 Å². The van der Waals surface area contributed by atoms with Gasteiger partial charge in [0.25, 0.3) is 0 Å². The normalized spacial score (nSPS) is 22.2. The molecule has 4 nitrogen and oxygen atoms in total. The molecule has 20 heavy (non-hydrogen) atoms. The van der Waals surface area contributed by atoms with Gasteiger partial charge in [-0.1, -0.05) is 31.2 Å². The summed E-state index contributed by atoms with van der Waals surface area (Å²) in [4.78, 5) is 11.8. The Bertz CT molecular complexity index is 606. The summed E-state index contributed by atoms with van der Waals surface area (Å²) in [6, 6.07) is 7.51. The summed E-state index contributed by atoms with van der Waals surface area (Å²) in [5.74, 6) is -0.912. The maximum Gasteiger partial charge on any atom is 0.314 e. The molecule has 2 rings (SSSR count). The Morgan fingerprint density at radius 2 is 2.05 bits per heavy atom. The van der Waals surface area contributed by atoms with Gasteiger partial charge >= 0.3 is 5.97 Å². The Hall–Kier alpha value is -1.36. The summed E-state index contributed by atoms with van der Waals surface area (Å²) in [5.41, 5.74) is 0.789. The molecular formula is C15H20O4S. The van der Waals surface area contributed by atoms with Crippen molar-refractivity contribution in [2.45, 2.75) is 38.0 Å². The Morgan fingerprint density at radius 1 is 1.35 bits per heavy atom. The van der Waals surface area contributed by atoms with E-state index >= 15 is 0 Å². The van der Waals surface area contributed by atoms with E-state index in [0.717, 1.165) is 24.0 Å². The zero-order chi connectivity index (χ0) is 14.8. The highest BCUT2D eigenvalue weighted by Crippen LogP contribution is 2.40. The van der Waals surface area contributed by atoms with Crippen LogP contribution in [-0.4, -0.2) is 31.0 Å². The largest absolute Gasteiger partial charge is 0.481 e. The number of aliphatic carboxylic acids is 1. The molecule has 0 bridgehead atoms. The van der Waals surface area contributed by atoms with Crippen LogP contribution >= 0.6 is 0 Å². The van der Waals surface area contributed by atoms with E-state index in [-0.39, 0.29) is 17.9 Å². The van der Waals surface area contributed by atoms with Gasteiger partial charge in [-0.15, -0.1) is 0 Å². The second-order valence-corrected chi connectivity index (χ2v) is 7.86. The molecule has 0 aromatic heterocycles. The van der Waals surface area contributed by atoms with Gasteiger partial charge in [0.1, 0.15) is 9.84 Å². The second-order valence-electron chi connectivity index (χ2n) is 5.38. The first-order valence-corrected chi connectivity index (χ1v) is 8.75. The summed E-state index contributed by atoms with van der Waals surface area (Å²) < 4.78 is 23.5. The third-order valence-electron chi connectivity index (χ3n) is 4.27. The first-order chi connectivity index (χ1) is 9.41. The first kappa shape index (κ1) is 15.0. The minimum absolute atomic E-state index is 0.0599. The summed E-state index contributed by atoms with van der Waals surface area (Å²) in [7, 11) is -3.16. The molecule has 1 aromatic rings. The second kappa shape index (κ2) is 5.56. The highest BCUT2D eigenvalue weighted by molar-refractivity contribution is 7.91. The Labute approximate surface area is 119 Å². The van der Waals surface area contributed by atoms with Crippen molar-refractivity contribution in [1.29, 1.82) is 0 Å². The van der Waals surface area contributed by atoms with Crippen LogP contribution in [0.15, 0.2) is 24.3 Å². The quantitative estimate of drug-likeness (QED) is 0.904. The number of hydrogen-bond donors (Lipinski definition) is 1. The van der Waals surface area contributed by atoms with Gasteiger partial charge in [0.15, 0.2) is 0 Å². The lowest BCUT2D eigenvalue weighted by molar-refractivity contribution is -0.144. The topological polar surface area (TPSA) is 71.4 Å². The number of fused-ring (bicyclic) bond motifs is 1. The van der Waals surface area contributed by atoms with Gasteiger partial charge in [-0.2, -0.15) is 0 Å². The van der Waals surface area contributed by atoms with E-state index in [1.54, 1.807) is 6.92 Å². The summed E-state index contributed by atoms with van der Waals surface area (Å²) in [6.45, 7) is 1.59. The van der Waals surface area contributed by atoms with Gasteiger partial charge in [0.2, 0.25) is 0 Å². The van der Waals surface area contributed by atoms with Crippen LogP contribution in [0.5, 0.6) is 0 Å². The van der Waals surface area contributed by atoms with Crippen LogP contribution in [0.25, 0.3) is 0 Å².